The van der Waals surface area contributed by atoms with Crippen LogP contribution in [0.15, 0.2) is 59.8 Å². The van der Waals surface area contributed by atoms with Crippen LogP contribution in [0.2, 0.25) is 0 Å². The molecule has 0 fully saturated rings. The van der Waals surface area contributed by atoms with Crippen LogP contribution in [0.25, 0.3) is 0 Å². The van der Waals surface area contributed by atoms with Crippen molar-refractivity contribution in [2.24, 2.45) is 7.05 Å². The van der Waals surface area contributed by atoms with E-state index < -0.39 is 0 Å². The van der Waals surface area contributed by atoms with Gasteiger partial charge in [-0.3, -0.25) is 4.79 Å². The Balaban J connectivity index is 1.48. The molecule has 1 N–H and O–H groups in total. The van der Waals surface area contributed by atoms with Crippen molar-refractivity contribution in [3.05, 3.63) is 71.5 Å². The summed E-state index contributed by atoms with van der Waals surface area (Å²) in [5.41, 5.74) is 2.21. The summed E-state index contributed by atoms with van der Waals surface area (Å²) in [7, 11) is 3.56. The fourth-order valence-electron chi connectivity index (χ4n) is 2.53. The van der Waals surface area contributed by atoms with E-state index in [2.05, 4.69) is 27.6 Å². The number of aromatic nitrogens is 3. The van der Waals surface area contributed by atoms with Crippen LogP contribution in [-0.4, -0.2) is 33.5 Å². The number of amides is 1. The van der Waals surface area contributed by atoms with E-state index >= 15 is 0 Å². The van der Waals surface area contributed by atoms with Gasteiger partial charge in [0.2, 0.25) is 5.91 Å². The smallest absolute Gasteiger partial charge is 0.230 e. The normalized spacial score (nSPS) is 10.6. The molecule has 0 saturated carbocycles. The van der Waals surface area contributed by atoms with E-state index in [0.717, 1.165) is 22.3 Å². The van der Waals surface area contributed by atoms with Gasteiger partial charge in [0, 0.05) is 20.0 Å². The Morgan fingerprint density at radius 2 is 1.81 bits per heavy atom. The summed E-state index contributed by atoms with van der Waals surface area (Å²) in [6, 6.07) is 17.8. The maximum Gasteiger partial charge on any atom is 0.230 e. The number of methoxy groups -OCH3 is 1. The second-order valence-electron chi connectivity index (χ2n) is 6.03. The molecular formula is C20H22N4O2S. The highest BCUT2D eigenvalue weighted by atomic mass is 32.2. The third-order valence-corrected chi connectivity index (χ3v) is 5.13. The molecule has 0 bridgehead atoms. The van der Waals surface area contributed by atoms with Crippen LogP contribution >= 0.6 is 11.8 Å². The van der Waals surface area contributed by atoms with Crippen molar-refractivity contribution >= 4 is 17.7 Å². The van der Waals surface area contributed by atoms with Crippen molar-refractivity contribution < 1.29 is 9.53 Å². The number of hydrogen-bond donors (Lipinski definition) is 1. The molecular weight excluding hydrogens is 360 g/mol. The minimum Gasteiger partial charge on any atom is -0.497 e. The summed E-state index contributed by atoms with van der Waals surface area (Å²) >= 11 is 1.39. The highest BCUT2D eigenvalue weighted by Gasteiger charge is 2.12. The summed E-state index contributed by atoms with van der Waals surface area (Å²) in [5, 5.41) is 12.1. The summed E-state index contributed by atoms with van der Waals surface area (Å²) in [6.45, 7) is 0.488. The lowest BCUT2D eigenvalue weighted by Crippen LogP contribution is -2.24. The predicted molar refractivity (Wildman–Crippen MR) is 106 cm³/mol. The summed E-state index contributed by atoms with van der Waals surface area (Å²) < 4.78 is 7.07. The van der Waals surface area contributed by atoms with Crippen molar-refractivity contribution in [3.63, 3.8) is 0 Å². The van der Waals surface area contributed by atoms with Crippen molar-refractivity contribution in [1.29, 1.82) is 0 Å². The molecule has 0 aliphatic rings. The molecule has 2 aromatic carbocycles. The maximum absolute atomic E-state index is 12.1. The SMILES string of the molecule is COc1ccc(CNC(=O)CSc2nnc(Cc3ccccc3)n2C)cc1. The molecule has 140 valence electrons. The van der Waals surface area contributed by atoms with E-state index in [1.165, 1.54) is 17.3 Å². The van der Waals surface area contributed by atoms with Crippen LogP contribution in [0, 0.1) is 0 Å². The lowest BCUT2D eigenvalue weighted by Gasteiger charge is -2.07. The first-order valence-corrected chi connectivity index (χ1v) is 9.59. The van der Waals surface area contributed by atoms with E-state index in [4.69, 9.17) is 4.74 Å². The fraction of sp³-hybridized carbons (Fsp3) is 0.250. The van der Waals surface area contributed by atoms with Gasteiger partial charge in [-0.05, 0) is 23.3 Å². The highest BCUT2D eigenvalue weighted by molar-refractivity contribution is 7.99. The second kappa shape index (κ2) is 9.23. The molecule has 0 aliphatic heterocycles. The topological polar surface area (TPSA) is 69.0 Å². The van der Waals surface area contributed by atoms with Gasteiger partial charge < -0.3 is 14.6 Å². The zero-order chi connectivity index (χ0) is 19.1. The summed E-state index contributed by atoms with van der Waals surface area (Å²) in [4.78, 5) is 12.1. The Kier molecular flexibility index (Phi) is 6.49. The number of rotatable bonds is 8. The van der Waals surface area contributed by atoms with Crippen LogP contribution in [0.5, 0.6) is 5.75 Å². The Morgan fingerprint density at radius 3 is 2.52 bits per heavy atom. The molecule has 0 unspecified atom stereocenters. The average Bonchev–Trinajstić information content (AvgIpc) is 3.05. The van der Waals surface area contributed by atoms with E-state index in [9.17, 15) is 4.79 Å². The number of carbonyl (C=O) groups excluding carboxylic acids is 1. The van der Waals surface area contributed by atoms with Crippen LogP contribution in [0.1, 0.15) is 17.0 Å². The van der Waals surface area contributed by atoms with Crippen LogP contribution < -0.4 is 10.1 Å². The van der Waals surface area contributed by atoms with Gasteiger partial charge in [-0.25, -0.2) is 0 Å². The second-order valence-corrected chi connectivity index (χ2v) is 6.98. The molecule has 1 heterocycles. The van der Waals surface area contributed by atoms with E-state index in [1.54, 1.807) is 7.11 Å². The van der Waals surface area contributed by atoms with Gasteiger partial charge >= 0.3 is 0 Å². The number of nitrogens with zero attached hydrogens (tertiary/aromatic N) is 3. The minimum absolute atomic E-state index is 0.0385. The lowest BCUT2D eigenvalue weighted by atomic mass is 10.1. The van der Waals surface area contributed by atoms with Crippen LogP contribution in [0.4, 0.5) is 0 Å². The molecule has 0 spiro atoms. The molecule has 3 aromatic rings. The van der Waals surface area contributed by atoms with Crippen LogP contribution in [-0.2, 0) is 24.8 Å². The zero-order valence-corrected chi connectivity index (χ0v) is 16.2. The standard InChI is InChI=1S/C20H22N4O2S/c1-24-18(12-15-6-4-3-5-7-15)22-23-20(24)27-14-19(25)21-13-16-8-10-17(26-2)11-9-16/h3-11H,12-14H2,1-2H3,(H,21,25). The lowest BCUT2D eigenvalue weighted by molar-refractivity contribution is -0.118. The number of ether oxygens (including phenoxy) is 1. The number of hydrogen-bond acceptors (Lipinski definition) is 5. The number of nitrogens with one attached hydrogen (secondary N) is 1. The largest absolute Gasteiger partial charge is 0.497 e. The van der Waals surface area contributed by atoms with E-state index in [0.29, 0.717) is 18.7 Å². The Bertz CT molecular complexity index is 879. The molecule has 1 aromatic heterocycles. The third-order valence-electron chi connectivity index (χ3n) is 4.11. The molecule has 0 atom stereocenters. The summed E-state index contributed by atoms with van der Waals surface area (Å²) in [5.74, 6) is 1.94. The molecule has 3 rings (SSSR count). The average molecular weight is 382 g/mol. The van der Waals surface area contributed by atoms with E-state index in [1.807, 2.05) is 54.1 Å². The van der Waals surface area contributed by atoms with Crippen LogP contribution in [0.3, 0.4) is 0 Å². The fourth-order valence-corrected chi connectivity index (χ4v) is 3.29. The molecule has 7 heteroatoms. The number of benzene rings is 2. The van der Waals surface area contributed by atoms with Crippen molar-refractivity contribution in [3.8, 4) is 5.75 Å². The summed E-state index contributed by atoms with van der Waals surface area (Å²) in [6.07, 6.45) is 0.717. The minimum atomic E-state index is -0.0385. The number of thioether (sulfide) groups is 1. The molecule has 1 amide bonds. The Morgan fingerprint density at radius 1 is 1.07 bits per heavy atom. The quantitative estimate of drug-likeness (QED) is 0.607. The third kappa shape index (κ3) is 5.34. The van der Waals surface area contributed by atoms with Gasteiger partial charge in [-0.1, -0.05) is 54.2 Å². The highest BCUT2D eigenvalue weighted by Crippen LogP contribution is 2.17. The van der Waals surface area contributed by atoms with Crippen molar-refractivity contribution in [2.45, 2.75) is 18.1 Å². The van der Waals surface area contributed by atoms with Gasteiger partial charge in [-0.15, -0.1) is 10.2 Å². The predicted octanol–water partition coefficient (Wildman–Crippen LogP) is 2.82. The van der Waals surface area contributed by atoms with E-state index in [-0.39, 0.29) is 5.91 Å². The molecule has 0 aliphatic carbocycles. The van der Waals surface area contributed by atoms with Gasteiger partial charge in [0.15, 0.2) is 5.16 Å². The van der Waals surface area contributed by atoms with Gasteiger partial charge in [0.05, 0.1) is 12.9 Å². The molecule has 6 nitrogen and oxygen atoms in total. The first-order chi connectivity index (χ1) is 13.2. The first-order valence-electron chi connectivity index (χ1n) is 8.60. The van der Waals surface area contributed by atoms with Gasteiger partial charge in [0.25, 0.3) is 0 Å². The Hall–Kier alpha value is -2.80. The molecule has 27 heavy (non-hydrogen) atoms. The van der Waals surface area contributed by atoms with Crippen molar-refractivity contribution in [1.82, 2.24) is 20.1 Å². The number of carbonyl (C=O) groups is 1. The maximum atomic E-state index is 12.1. The van der Waals surface area contributed by atoms with Gasteiger partial charge in [0.1, 0.15) is 11.6 Å². The monoisotopic (exact) mass is 382 g/mol. The van der Waals surface area contributed by atoms with Crippen molar-refractivity contribution in [2.75, 3.05) is 12.9 Å². The zero-order valence-electron chi connectivity index (χ0n) is 15.4. The van der Waals surface area contributed by atoms with Gasteiger partial charge in [-0.2, -0.15) is 0 Å². The Labute approximate surface area is 163 Å². The molecule has 0 radical (unpaired) electrons. The first kappa shape index (κ1) is 19.0. The molecule has 0 saturated heterocycles.